The van der Waals surface area contributed by atoms with Gasteiger partial charge < -0.3 is 11.5 Å². The molecule has 0 aliphatic carbocycles. The van der Waals surface area contributed by atoms with Gasteiger partial charge in [-0.25, -0.2) is 4.98 Å². The van der Waals surface area contributed by atoms with Crippen molar-refractivity contribution in [2.45, 2.75) is 0 Å². The van der Waals surface area contributed by atoms with Gasteiger partial charge >= 0.3 is 0 Å². The van der Waals surface area contributed by atoms with E-state index in [4.69, 9.17) is 11.5 Å². The Kier molecular flexibility index (Phi) is 2.43. The Bertz CT molecular complexity index is 467. The highest BCUT2D eigenvalue weighted by molar-refractivity contribution is 9.10. The third-order valence-corrected chi connectivity index (χ3v) is 2.97. The predicted molar refractivity (Wildman–Crippen MR) is 64.1 cm³/mol. The van der Waals surface area contributed by atoms with Gasteiger partial charge in [-0.05, 0) is 12.1 Å². The van der Waals surface area contributed by atoms with Crippen molar-refractivity contribution in [3.05, 3.63) is 28.7 Å². The molecule has 2 aromatic rings. The van der Waals surface area contributed by atoms with E-state index in [1.165, 1.54) is 11.3 Å². The minimum Gasteiger partial charge on any atom is -0.389 e. The maximum absolute atomic E-state index is 5.78. The molecular formula is C9H8BrN3S. The van der Waals surface area contributed by atoms with Crippen molar-refractivity contribution in [2.24, 2.45) is 0 Å². The van der Waals surface area contributed by atoms with Gasteiger partial charge in [0.05, 0.1) is 0 Å². The lowest BCUT2D eigenvalue weighted by Crippen LogP contribution is -1.86. The second-order valence-electron chi connectivity index (χ2n) is 2.78. The first-order chi connectivity index (χ1) is 6.66. The van der Waals surface area contributed by atoms with E-state index in [0.717, 1.165) is 15.7 Å². The number of benzene rings is 1. The van der Waals surface area contributed by atoms with E-state index in [1.807, 2.05) is 24.3 Å². The number of aromatic nitrogens is 1. The highest BCUT2D eigenvalue weighted by Crippen LogP contribution is 2.32. The number of thiazole rings is 1. The molecule has 1 heterocycles. The third-order valence-electron chi connectivity index (χ3n) is 1.77. The Morgan fingerprint density at radius 1 is 1.29 bits per heavy atom. The number of anilines is 2. The van der Waals surface area contributed by atoms with Crippen molar-refractivity contribution >= 4 is 37.4 Å². The minimum absolute atomic E-state index is 0.498. The van der Waals surface area contributed by atoms with Crippen LogP contribution in [0.4, 0.5) is 10.1 Å². The molecule has 0 bridgehead atoms. The Hall–Kier alpha value is -1.07. The standard InChI is InChI=1S/C9H8BrN3S/c10-6-3-1-2-5(4-6)7-8(11)14-9(12)13-7/h1-4H,11H2,(H2,12,13). The summed E-state index contributed by atoms with van der Waals surface area (Å²) in [5, 5.41) is 1.15. The molecule has 0 unspecified atom stereocenters. The topological polar surface area (TPSA) is 64.9 Å². The zero-order valence-electron chi connectivity index (χ0n) is 7.20. The van der Waals surface area contributed by atoms with Crippen molar-refractivity contribution in [1.82, 2.24) is 4.98 Å². The Morgan fingerprint density at radius 2 is 2.07 bits per heavy atom. The fourth-order valence-electron chi connectivity index (χ4n) is 1.19. The van der Waals surface area contributed by atoms with Gasteiger partial charge in [0.2, 0.25) is 0 Å². The van der Waals surface area contributed by atoms with E-state index < -0.39 is 0 Å². The van der Waals surface area contributed by atoms with Crippen molar-refractivity contribution in [3.63, 3.8) is 0 Å². The molecule has 0 atom stereocenters. The van der Waals surface area contributed by atoms with Crippen molar-refractivity contribution in [3.8, 4) is 11.3 Å². The summed E-state index contributed by atoms with van der Waals surface area (Å²) in [6, 6.07) is 7.81. The maximum atomic E-state index is 5.78. The Labute approximate surface area is 93.9 Å². The van der Waals surface area contributed by atoms with Gasteiger partial charge in [-0.3, -0.25) is 0 Å². The first kappa shape index (κ1) is 9.48. The fourth-order valence-corrected chi connectivity index (χ4v) is 2.21. The van der Waals surface area contributed by atoms with Crippen LogP contribution in [0.15, 0.2) is 28.7 Å². The first-order valence-corrected chi connectivity index (χ1v) is 5.55. The number of nitrogens with zero attached hydrogens (tertiary/aromatic N) is 1. The molecule has 14 heavy (non-hydrogen) atoms. The largest absolute Gasteiger partial charge is 0.389 e. The van der Waals surface area contributed by atoms with Gasteiger partial charge in [-0.2, -0.15) is 0 Å². The number of halogens is 1. The average molecular weight is 270 g/mol. The van der Waals surface area contributed by atoms with Gasteiger partial charge in [-0.15, -0.1) is 0 Å². The number of nitrogens with two attached hydrogens (primary N) is 2. The normalized spacial score (nSPS) is 10.4. The SMILES string of the molecule is Nc1nc(-c2cccc(Br)c2)c(N)s1. The Balaban J connectivity index is 2.54. The third kappa shape index (κ3) is 1.73. The molecule has 0 amide bonds. The molecule has 1 aromatic heterocycles. The smallest absolute Gasteiger partial charge is 0.182 e. The summed E-state index contributed by atoms with van der Waals surface area (Å²) in [6.45, 7) is 0. The van der Waals surface area contributed by atoms with E-state index >= 15 is 0 Å². The molecule has 3 nitrogen and oxygen atoms in total. The van der Waals surface area contributed by atoms with Crippen LogP contribution in [-0.4, -0.2) is 4.98 Å². The van der Waals surface area contributed by atoms with E-state index in [1.54, 1.807) is 0 Å². The predicted octanol–water partition coefficient (Wildman–Crippen LogP) is 2.74. The van der Waals surface area contributed by atoms with Crippen LogP contribution in [0.2, 0.25) is 0 Å². The van der Waals surface area contributed by atoms with Crippen molar-refractivity contribution in [1.29, 1.82) is 0 Å². The van der Waals surface area contributed by atoms with Crippen LogP contribution in [0.25, 0.3) is 11.3 Å². The second-order valence-corrected chi connectivity index (χ2v) is 4.75. The molecule has 0 aliphatic heterocycles. The van der Waals surface area contributed by atoms with Crippen LogP contribution in [0.1, 0.15) is 0 Å². The number of nitrogen functional groups attached to an aromatic ring is 2. The molecule has 0 radical (unpaired) electrons. The summed E-state index contributed by atoms with van der Waals surface area (Å²) in [4.78, 5) is 4.17. The van der Waals surface area contributed by atoms with Gasteiger partial charge in [-0.1, -0.05) is 39.4 Å². The molecule has 0 saturated carbocycles. The molecule has 72 valence electrons. The summed E-state index contributed by atoms with van der Waals surface area (Å²) < 4.78 is 1.00. The molecule has 0 aliphatic rings. The van der Waals surface area contributed by atoms with E-state index in [0.29, 0.717) is 10.1 Å². The summed E-state index contributed by atoms with van der Waals surface area (Å²) in [5.74, 6) is 0. The summed E-state index contributed by atoms with van der Waals surface area (Å²) in [7, 11) is 0. The molecular weight excluding hydrogens is 262 g/mol. The van der Waals surface area contributed by atoms with Gasteiger partial charge in [0.1, 0.15) is 10.7 Å². The second kappa shape index (κ2) is 3.59. The lowest BCUT2D eigenvalue weighted by Gasteiger charge is -1.98. The summed E-state index contributed by atoms with van der Waals surface area (Å²) in [6.07, 6.45) is 0. The zero-order chi connectivity index (χ0) is 10.1. The van der Waals surface area contributed by atoms with E-state index in [2.05, 4.69) is 20.9 Å². The lowest BCUT2D eigenvalue weighted by molar-refractivity contribution is 1.41. The number of hydrogen-bond donors (Lipinski definition) is 2. The van der Waals surface area contributed by atoms with E-state index in [9.17, 15) is 0 Å². The first-order valence-electron chi connectivity index (χ1n) is 3.94. The van der Waals surface area contributed by atoms with Crippen LogP contribution in [0.5, 0.6) is 0 Å². The molecule has 1 aromatic carbocycles. The van der Waals surface area contributed by atoms with Crippen LogP contribution >= 0.6 is 27.3 Å². The lowest BCUT2D eigenvalue weighted by atomic mass is 10.2. The molecule has 5 heteroatoms. The van der Waals surface area contributed by atoms with Gasteiger partial charge in [0.25, 0.3) is 0 Å². The molecule has 4 N–H and O–H groups in total. The molecule has 0 saturated heterocycles. The maximum Gasteiger partial charge on any atom is 0.182 e. The van der Waals surface area contributed by atoms with Crippen molar-refractivity contribution in [2.75, 3.05) is 11.5 Å². The number of rotatable bonds is 1. The summed E-state index contributed by atoms with van der Waals surface area (Å²) >= 11 is 4.69. The van der Waals surface area contributed by atoms with E-state index in [-0.39, 0.29) is 0 Å². The van der Waals surface area contributed by atoms with Crippen LogP contribution in [0, 0.1) is 0 Å². The van der Waals surface area contributed by atoms with Crippen molar-refractivity contribution < 1.29 is 0 Å². The number of hydrogen-bond acceptors (Lipinski definition) is 4. The highest BCUT2D eigenvalue weighted by Gasteiger charge is 2.08. The van der Waals surface area contributed by atoms with Gasteiger partial charge in [0.15, 0.2) is 5.13 Å². The highest BCUT2D eigenvalue weighted by atomic mass is 79.9. The molecule has 2 rings (SSSR count). The fraction of sp³-hybridized carbons (Fsp3) is 0. The van der Waals surface area contributed by atoms with Crippen LogP contribution in [-0.2, 0) is 0 Å². The monoisotopic (exact) mass is 269 g/mol. The molecule has 0 spiro atoms. The molecule has 0 fully saturated rings. The van der Waals surface area contributed by atoms with Crippen LogP contribution < -0.4 is 11.5 Å². The Morgan fingerprint density at radius 3 is 2.64 bits per heavy atom. The van der Waals surface area contributed by atoms with Crippen LogP contribution in [0.3, 0.4) is 0 Å². The zero-order valence-corrected chi connectivity index (χ0v) is 9.60. The quantitative estimate of drug-likeness (QED) is 0.837. The summed E-state index contributed by atoms with van der Waals surface area (Å²) in [5.41, 5.74) is 13.1. The van der Waals surface area contributed by atoms with Gasteiger partial charge in [0, 0.05) is 10.0 Å². The minimum atomic E-state index is 0.498. The average Bonchev–Trinajstić information content (AvgIpc) is 2.45.